The Labute approximate surface area is 177 Å². The van der Waals surface area contributed by atoms with Crippen molar-refractivity contribution in [2.45, 2.75) is 32.9 Å². The van der Waals surface area contributed by atoms with Gasteiger partial charge in [0.1, 0.15) is 11.6 Å². The van der Waals surface area contributed by atoms with Gasteiger partial charge in [0, 0.05) is 51.2 Å². The van der Waals surface area contributed by atoms with E-state index in [1.807, 2.05) is 13.0 Å². The molecule has 1 N–H and O–H groups in total. The lowest BCUT2D eigenvalue weighted by Gasteiger charge is -2.32. The third-order valence-electron chi connectivity index (χ3n) is 5.87. The zero-order valence-corrected chi connectivity index (χ0v) is 17.9. The number of nitrogens with zero attached hydrogens (tertiary/aromatic N) is 5. The highest BCUT2D eigenvalue weighted by molar-refractivity contribution is 5.80. The molecular formula is C22H31FN6O. The number of hydrogen-bond acceptors (Lipinski definition) is 4. The Balaban J connectivity index is 1.43. The molecule has 2 fully saturated rings. The summed E-state index contributed by atoms with van der Waals surface area (Å²) in [5, 5.41) is 3.40. The molecule has 2 aromatic rings. The van der Waals surface area contributed by atoms with E-state index in [4.69, 9.17) is 9.73 Å². The Hall–Kier alpha value is -2.45. The van der Waals surface area contributed by atoms with Crippen LogP contribution in [0.1, 0.15) is 24.7 Å². The van der Waals surface area contributed by atoms with Gasteiger partial charge < -0.3 is 19.5 Å². The topological polar surface area (TPSA) is 57.9 Å². The van der Waals surface area contributed by atoms with Crippen LogP contribution in [0.15, 0.2) is 35.6 Å². The molecule has 3 heterocycles. The molecule has 1 aromatic heterocycles. The third kappa shape index (κ3) is 4.65. The van der Waals surface area contributed by atoms with E-state index in [1.54, 1.807) is 29.1 Å². The molecule has 1 unspecified atom stereocenters. The molecule has 0 spiro atoms. The number of aliphatic imine (C=N–C) groups is 1. The molecule has 0 aliphatic carbocycles. The molecule has 162 valence electrons. The highest BCUT2D eigenvalue weighted by atomic mass is 19.1. The van der Waals surface area contributed by atoms with E-state index >= 15 is 0 Å². The summed E-state index contributed by atoms with van der Waals surface area (Å²) < 4.78 is 21.9. The number of likely N-dealkylation sites (tertiary alicyclic amines) is 1. The molecule has 0 amide bonds. The normalized spacial score (nSPS) is 20.7. The van der Waals surface area contributed by atoms with Crippen molar-refractivity contribution in [2.75, 3.05) is 45.9 Å². The van der Waals surface area contributed by atoms with Crippen LogP contribution in [-0.2, 0) is 11.3 Å². The first-order valence-corrected chi connectivity index (χ1v) is 10.8. The molecule has 8 heteroatoms. The number of rotatable bonds is 5. The Bertz CT molecular complexity index is 876. The van der Waals surface area contributed by atoms with Crippen LogP contribution < -0.4 is 5.32 Å². The summed E-state index contributed by atoms with van der Waals surface area (Å²) in [6, 6.07) is 5.85. The van der Waals surface area contributed by atoms with Gasteiger partial charge in [-0.3, -0.25) is 4.90 Å². The number of halogens is 1. The summed E-state index contributed by atoms with van der Waals surface area (Å²) in [6.07, 6.45) is 4.58. The van der Waals surface area contributed by atoms with Crippen molar-refractivity contribution in [1.29, 1.82) is 0 Å². The molecule has 2 saturated heterocycles. The Morgan fingerprint density at radius 3 is 2.83 bits per heavy atom. The van der Waals surface area contributed by atoms with E-state index in [0.29, 0.717) is 18.3 Å². The van der Waals surface area contributed by atoms with Crippen LogP contribution in [0, 0.1) is 12.7 Å². The average Bonchev–Trinajstić information content (AvgIpc) is 3.41. The molecular weight excluding hydrogens is 383 g/mol. The second-order valence-electron chi connectivity index (χ2n) is 7.84. The van der Waals surface area contributed by atoms with E-state index < -0.39 is 0 Å². The number of aryl methyl sites for hydroxylation is 1. The van der Waals surface area contributed by atoms with Crippen LogP contribution in [0.3, 0.4) is 0 Å². The monoisotopic (exact) mass is 414 g/mol. The van der Waals surface area contributed by atoms with Crippen molar-refractivity contribution < 1.29 is 9.13 Å². The maximum absolute atomic E-state index is 14.7. The second kappa shape index (κ2) is 9.57. The summed E-state index contributed by atoms with van der Waals surface area (Å²) in [4.78, 5) is 13.8. The van der Waals surface area contributed by atoms with E-state index in [1.165, 1.54) is 0 Å². The number of hydrogen-bond donors (Lipinski definition) is 1. The lowest BCUT2D eigenvalue weighted by atomic mass is 10.2. The minimum atomic E-state index is -0.262. The summed E-state index contributed by atoms with van der Waals surface area (Å²) in [7, 11) is 0. The molecule has 7 nitrogen and oxygen atoms in total. The zero-order chi connectivity index (χ0) is 20.9. The maximum atomic E-state index is 14.7. The van der Waals surface area contributed by atoms with Gasteiger partial charge in [-0.2, -0.15) is 0 Å². The van der Waals surface area contributed by atoms with Crippen molar-refractivity contribution in [3.05, 3.63) is 47.8 Å². The fraction of sp³-hybridized carbons (Fsp3) is 0.545. The Kier molecular flexibility index (Phi) is 6.64. The standard InChI is InChI=1S/C22H31FN6O/c1-3-24-22(28-8-6-19(16-28)27-10-12-30-13-11-27)26-15-18-4-5-21(20(23)14-18)29-9-7-25-17(29)2/h4-5,7,9,14,19H,3,6,8,10-13,15-16H2,1-2H3,(H,24,26). The average molecular weight is 415 g/mol. The zero-order valence-electron chi connectivity index (χ0n) is 17.9. The molecule has 4 rings (SSSR count). The van der Waals surface area contributed by atoms with Crippen LogP contribution in [0.5, 0.6) is 0 Å². The number of imidazole rings is 1. The summed E-state index contributed by atoms with van der Waals surface area (Å²) >= 11 is 0. The number of guanidine groups is 1. The molecule has 0 saturated carbocycles. The number of morpholine rings is 1. The number of aromatic nitrogens is 2. The van der Waals surface area contributed by atoms with Gasteiger partial charge in [-0.25, -0.2) is 14.4 Å². The predicted octanol–water partition coefficient (Wildman–Crippen LogP) is 2.19. The SMILES string of the molecule is CCNC(=NCc1ccc(-n2ccnc2C)c(F)c1)N1CCC(N2CCOCC2)C1. The van der Waals surface area contributed by atoms with Gasteiger partial charge in [-0.05, 0) is 38.0 Å². The first-order chi connectivity index (χ1) is 14.7. The first kappa shape index (κ1) is 20.8. The smallest absolute Gasteiger partial charge is 0.194 e. The van der Waals surface area contributed by atoms with Crippen molar-refractivity contribution in [3.63, 3.8) is 0 Å². The molecule has 30 heavy (non-hydrogen) atoms. The van der Waals surface area contributed by atoms with Crippen LogP contribution in [0.25, 0.3) is 5.69 Å². The fourth-order valence-corrected chi connectivity index (χ4v) is 4.24. The second-order valence-corrected chi connectivity index (χ2v) is 7.84. The Morgan fingerprint density at radius 1 is 1.30 bits per heavy atom. The van der Waals surface area contributed by atoms with E-state index in [9.17, 15) is 4.39 Å². The van der Waals surface area contributed by atoms with E-state index in [0.717, 1.165) is 69.7 Å². The molecule has 0 radical (unpaired) electrons. The number of benzene rings is 1. The summed E-state index contributed by atoms with van der Waals surface area (Å²) in [5.41, 5.74) is 1.37. The number of nitrogens with one attached hydrogen (secondary N) is 1. The van der Waals surface area contributed by atoms with Crippen molar-refractivity contribution in [2.24, 2.45) is 4.99 Å². The predicted molar refractivity (Wildman–Crippen MR) is 115 cm³/mol. The van der Waals surface area contributed by atoms with Gasteiger partial charge in [-0.1, -0.05) is 6.07 Å². The van der Waals surface area contributed by atoms with Crippen molar-refractivity contribution in [3.8, 4) is 5.69 Å². The van der Waals surface area contributed by atoms with Gasteiger partial charge in [-0.15, -0.1) is 0 Å². The highest BCUT2D eigenvalue weighted by Gasteiger charge is 2.30. The van der Waals surface area contributed by atoms with Gasteiger partial charge in [0.05, 0.1) is 25.4 Å². The fourth-order valence-electron chi connectivity index (χ4n) is 4.24. The van der Waals surface area contributed by atoms with Gasteiger partial charge >= 0.3 is 0 Å². The van der Waals surface area contributed by atoms with Gasteiger partial charge in [0.15, 0.2) is 5.96 Å². The van der Waals surface area contributed by atoms with Crippen LogP contribution in [0.4, 0.5) is 4.39 Å². The number of ether oxygens (including phenoxy) is 1. The molecule has 1 aromatic carbocycles. The van der Waals surface area contributed by atoms with Gasteiger partial charge in [0.25, 0.3) is 0 Å². The third-order valence-corrected chi connectivity index (χ3v) is 5.87. The first-order valence-electron chi connectivity index (χ1n) is 10.8. The minimum absolute atomic E-state index is 0.262. The minimum Gasteiger partial charge on any atom is -0.379 e. The van der Waals surface area contributed by atoms with Crippen LogP contribution >= 0.6 is 0 Å². The van der Waals surface area contributed by atoms with Crippen molar-refractivity contribution >= 4 is 5.96 Å². The molecule has 1 atom stereocenters. The van der Waals surface area contributed by atoms with Gasteiger partial charge in [0.2, 0.25) is 0 Å². The summed E-state index contributed by atoms with van der Waals surface area (Å²) in [5.74, 6) is 1.41. The largest absolute Gasteiger partial charge is 0.379 e. The molecule has 2 aliphatic heterocycles. The van der Waals surface area contributed by atoms with E-state index in [-0.39, 0.29) is 5.82 Å². The lowest BCUT2D eigenvalue weighted by Crippen LogP contribution is -2.46. The maximum Gasteiger partial charge on any atom is 0.194 e. The molecule has 0 bridgehead atoms. The Morgan fingerprint density at radius 2 is 2.13 bits per heavy atom. The highest BCUT2D eigenvalue weighted by Crippen LogP contribution is 2.19. The van der Waals surface area contributed by atoms with Crippen LogP contribution in [-0.4, -0.2) is 77.3 Å². The van der Waals surface area contributed by atoms with Crippen molar-refractivity contribution in [1.82, 2.24) is 24.7 Å². The van der Waals surface area contributed by atoms with Crippen LogP contribution in [0.2, 0.25) is 0 Å². The summed E-state index contributed by atoms with van der Waals surface area (Å²) in [6.45, 7) is 10.8. The van der Waals surface area contributed by atoms with E-state index in [2.05, 4.69) is 27.0 Å². The quantitative estimate of drug-likeness (QED) is 0.601. The molecule has 2 aliphatic rings. The lowest BCUT2D eigenvalue weighted by molar-refractivity contribution is 0.0195.